The number of nitrogens with one attached hydrogen (secondary N) is 3. The number of pyridine rings is 1. The largest absolute Gasteiger partial charge is 0.477 e. The van der Waals surface area contributed by atoms with Crippen molar-refractivity contribution in [3.63, 3.8) is 0 Å². The molecular weight excluding hydrogens is 452 g/mol. The highest BCUT2D eigenvalue weighted by molar-refractivity contribution is 6.07. The molecule has 5 heterocycles. The van der Waals surface area contributed by atoms with Crippen LogP contribution in [-0.2, 0) is 11.3 Å². The molecule has 0 atom stereocenters. The summed E-state index contributed by atoms with van der Waals surface area (Å²) in [4.78, 5) is 30.5. The Morgan fingerprint density at radius 3 is 2.74 bits per heavy atom. The van der Waals surface area contributed by atoms with Crippen LogP contribution >= 0.6 is 0 Å². The summed E-state index contributed by atoms with van der Waals surface area (Å²) in [5, 5.41) is 22.6. The Hall–Kier alpha value is -4.06. The minimum absolute atomic E-state index is 0.0891. The van der Waals surface area contributed by atoms with E-state index in [9.17, 15) is 9.59 Å². The minimum Gasteiger partial charge on any atom is -0.477 e. The van der Waals surface area contributed by atoms with E-state index < -0.39 is 5.91 Å². The van der Waals surface area contributed by atoms with E-state index in [1.54, 1.807) is 41.2 Å². The molecule has 0 radical (unpaired) electrons. The van der Waals surface area contributed by atoms with Crippen molar-refractivity contribution in [1.29, 1.82) is 5.41 Å². The van der Waals surface area contributed by atoms with E-state index in [2.05, 4.69) is 25.8 Å². The number of aromatic nitrogens is 5. The van der Waals surface area contributed by atoms with Crippen molar-refractivity contribution >= 4 is 17.5 Å². The van der Waals surface area contributed by atoms with Crippen LogP contribution in [0, 0.1) is 5.41 Å². The van der Waals surface area contributed by atoms with Crippen molar-refractivity contribution in [2.24, 2.45) is 0 Å². The number of carbonyl (C=O) groups excluding carboxylic acids is 2. The van der Waals surface area contributed by atoms with Gasteiger partial charge in [-0.2, -0.15) is 5.10 Å². The lowest BCUT2D eigenvalue weighted by Crippen LogP contribution is -2.28. The molecule has 0 aromatic carbocycles. The van der Waals surface area contributed by atoms with Crippen LogP contribution in [0.2, 0.25) is 0 Å². The summed E-state index contributed by atoms with van der Waals surface area (Å²) in [5.41, 5.74) is 1.39. The van der Waals surface area contributed by atoms with Crippen LogP contribution in [0.3, 0.4) is 0 Å². The van der Waals surface area contributed by atoms with Crippen LogP contribution in [0.4, 0.5) is 5.69 Å². The van der Waals surface area contributed by atoms with Gasteiger partial charge in [0, 0.05) is 32.0 Å². The molecule has 0 unspecified atom stereocenters. The van der Waals surface area contributed by atoms with Gasteiger partial charge in [0.1, 0.15) is 11.2 Å². The first-order valence-corrected chi connectivity index (χ1v) is 11.5. The van der Waals surface area contributed by atoms with Gasteiger partial charge < -0.3 is 20.1 Å². The molecule has 0 aliphatic carbocycles. The molecule has 3 aromatic rings. The zero-order chi connectivity index (χ0) is 24.2. The fraction of sp³-hybridized carbons (Fsp3) is 0.391. The molecule has 2 amide bonds. The van der Waals surface area contributed by atoms with Crippen molar-refractivity contribution in [3.8, 4) is 5.88 Å². The van der Waals surface area contributed by atoms with Crippen molar-refractivity contribution < 1.29 is 19.1 Å². The molecule has 3 aromatic heterocycles. The third kappa shape index (κ3) is 5.22. The van der Waals surface area contributed by atoms with E-state index in [-0.39, 0.29) is 35.4 Å². The summed E-state index contributed by atoms with van der Waals surface area (Å²) in [5.74, 6) is -0.479. The number of rotatable bonds is 1. The third-order valence-electron chi connectivity index (χ3n) is 5.85. The number of nitrogens with zero attached hydrogens (tertiary/aromatic N) is 5. The molecule has 1 fully saturated rings. The lowest BCUT2D eigenvalue weighted by Gasteiger charge is -2.22. The first kappa shape index (κ1) is 22.7. The van der Waals surface area contributed by atoms with Crippen LogP contribution in [0.15, 0.2) is 36.5 Å². The van der Waals surface area contributed by atoms with Gasteiger partial charge in [-0.25, -0.2) is 9.67 Å². The van der Waals surface area contributed by atoms with E-state index in [4.69, 9.17) is 14.9 Å². The Kier molecular flexibility index (Phi) is 6.53. The molecule has 12 nitrogen and oxygen atoms in total. The zero-order valence-corrected chi connectivity index (χ0v) is 19.1. The number of carbonyl (C=O) groups is 2. The maximum absolute atomic E-state index is 13.1. The molecule has 1 saturated heterocycles. The minimum atomic E-state index is -0.460. The topological polar surface area (TPSA) is 149 Å². The van der Waals surface area contributed by atoms with Gasteiger partial charge in [0.15, 0.2) is 5.69 Å². The third-order valence-corrected chi connectivity index (χ3v) is 5.85. The highest BCUT2D eigenvalue weighted by Gasteiger charge is 2.24. The zero-order valence-electron chi connectivity index (χ0n) is 19.1. The van der Waals surface area contributed by atoms with Crippen LogP contribution in [0.5, 0.6) is 5.88 Å². The van der Waals surface area contributed by atoms with Crippen LogP contribution < -0.4 is 20.9 Å². The van der Waals surface area contributed by atoms with E-state index in [1.807, 2.05) is 0 Å². The van der Waals surface area contributed by atoms with Crippen LogP contribution in [-0.4, -0.2) is 62.7 Å². The van der Waals surface area contributed by atoms with E-state index >= 15 is 0 Å². The molecule has 3 N–H and O–H groups in total. The molecule has 5 rings (SSSR count). The van der Waals surface area contributed by atoms with Gasteiger partial charge in [0.2, 0.25) is 5.88 Å². The van der Waals surface area contributed by atoms with Gasteiger partial charge in [-0.05, 0) is 37.5 Å². The summed E-state index contributed by atoms with van der Waals surface area (Å²) in [7, 11) is 0. The maximum atomic E-state index is 13.1. The number of hydrogen-bond donors (Lipinski definition) is 3. The predicted molar refractivity (Wildman–Crippen MR) is 123 cm³/mol. The molecule has 35 heavy (non-hydrogen) atoms. The fourth-order valence-corrected chi connectivity index (χ4v) is 4.00. The number of amides is 2. The van der Waals surface area contributed by atoms with E-state index in [1.165, 1.54) is 4.68 Å². The van der Waals surface area contributed by atoms with E-state index in [0.29, 0.717) is 50.0 Å². The highest BCUT2D eigenvalue weighted by Crippen LogP contribution is 2.24. The van der Waals surface area contributed by atoms with Gasteiger partial charge in [-0.3, -0.25) is 19.7 Å². The van der Waals surface area contributed by atoms with Crippen molar-refractivity contribution in [1.82, 2.24) is 29.9 Å². The molecule has 12 heteroatoms. The van der Waals surface area contributed by atoms with Crippen molar-refractivity contribution in [3.05, 3.63) is 59.1 Å². The van der Waals surface area contributed by atoms with Gasteiger partial charge in [-0.1, -0.05) is 6.07 Å². The highest BCUT2D eigenvalue weighted by atomic mass is 16.5. The number of hydrogen-bond acceptors (Lipinski definition) is 8. The van der Waals surface area contributed by atoms with Gasteiger partial charge in [-0.15, -0.1) is 5.10 Å². The second-order valence-electron chi connectivity index (χ2n) is 8.36. The normalized spacial score (nSPS) is 17.5. The molecular formula is C23H26N8O4. The van der Waals surface area contributed by atoms with Crippen molar-refractivity contribution in [2.45, 2.75) is 31.8 Å². The Morgan fingerprint density at radius 2 is 1.89 bits per heavy atom. The Morgan fingerprint density at radius 1 is 1.03 bits per heavy atom. The summed E-state index contributed by atoms with van der Waals surface area (Å²) >= 11 is 0. The number of ether oxygens (including phenoxy) is 2. The Labute approximate surface area is 200 Å². The van der Waals surface area contributed by atoms with Crippen LogP contribution in [0.25, 0.3) is 0 Å². The number of fused-ring (bicyclic) bond motifs is 5. The average Bonchev–Trinajstić information content (AvgIpc) is 3.29. The maximum Gasteiger partial charge on any atom is 0.274 e. The molecule has 0 spiro atoms. The summed E-state index contributed by atoms with van der Waals surface area (Å²) in [6.45, 7) is 2.14. The lowest BCUT2D eigenvalue weighted by atomic mass is 10.1. The van der Waals surface area contributed by atoms with E-state index in [0.717, 1.165) is 12.8 Å². The summed E-state index contributed by atoms with van der Waals surface area (Å²) in [6.07, 6.45) is 3.80. The molecule has 2 aliphatic heterocycles. The smallest absolute Gasteiger partial charge is 0.274 e. The Bertz CT molecular complexity index is 1290. The fourth-order valence-electron chi connectivity index (χ4n) is 4.00. The second kappa shape index (κ2) is 10.1. The lowest BCUT2D eigenvalue weighted by molar-refractivity contribution is 0.0660. The summed E-state index contributed by atoms with van der Waals surface area (Å²) < 4.78 is 14.3. The summed E-state index contributed by atoms with van der Waals surface area (Å²) in [6, 6.07) is 8.37. The standard InChI is InChI=1S/C23H26N8O4/c24-19-5-6-20-28-31(19)13-15-3-1-4-17(26-15)22(32)27-18-14-30(16-7-11-34-12-8-16)29-21(18)23(33)25-9-2-10-35-20/h1,3-6,14,16,24H,2,7-13H2,(H,25,33)(H,27,32). The first-order valence-electron chi connectivity index (χ1n) is 11.5. The average molecular weight is 479 g/mol. The predicted octanol–water partition coefficient (Wildman–Crippen LogP) is 1.12. The molecule has 2 aliphatic rings. The molecule has 4 bridgehead atoms. The number of anilines is 1. The second-order valence-corrected chi connectivity index (χ2v) is 8.36. The quantitative estimate of drug-likeness (QED) is 0.474. The first-order chi connectivity index (χ1) is 17.1. The van der Waals surface area contributed by atoms with Gasteiger partial charge in [0.25, 0.3) is 11.8 Å². The van der Waals surface area contributed by atoms with Crippen LogP contribution in [0.1, 0.15) is 52.0 Å². The van der Waals surface area contributed by atoms with Gasteiger partial charge in [0.05, 0.1) is 30.6 Å². The Balaban J connectivity index is 1.48. The molecule has 0 saturated carbocycles. The monoisotopic (exact) mass is 478 g/mol. The van der Waals surface area contributed by atoms with Gasteiger partial charge >= 0.3 is 0 Å². The SMILES string of the molecule is N=c1ccc2nn1Cc1cccc(n1)C(=O)Nc1cn(C3CCOCC3)nc1C(=O)NCCCO2. The van der Waals surface area contributed by atoms with Crippen molar-refractivity contribution in [2.75, 3.05) is 31.7 Å². The molecule has 182 valence electrons.